The molecule has 13 heteroatoms. The van der Waals surface area contributed by atoms with E-state index in [-0.39, 0.29) is 17.8 Å². The number of nitrogens with one attached hydrogen (secondary N) is 1. The number of halogens is 4. The first kappa shape index (κ1) is 28.7. The maximum Gasteiger partial charge on any atom is 0.401 e. The summed E-state index contributed by atoms with van der Waals surface area (Å²) in [6, 6.07) is 5.34. The topological polar surface area (TPSA) is 108 Å². The van der Waals surface area contributed by atoms with E-state index in [4.69, 9.17) is 9.26 Å². The summed E-state index contributed by atoms with van der Waals surface area (Å²) in [5.41, 5.74) is -0.262. The van der Waals surface area contributed by atoms with Gasteiger partial charge in [0.05, 0.1) is 13.5 Å². The molecule has 4 rings (SSSR count). The molecule has 0 aliphatic carbocycles. The van der Waals surface area contributed by atoms with Gasteiger partial charge in [0.15, 0.2) is 11.6 Å². The minimum absolute atomic E-state index is 0.0920. The van der Waals surface area contributed by atoms with E-state index in [2.05, 4.69) is 32.5 Å². The summed E-state index contributed by atoms with van der Waals surface area (Å²) in [5.74, 6) is -0.893. The number of aryl methyl sites for hydroxylation is 1. The summed E-state index contributed by atoms with van der Waals surface area (Å²) < 4.78 is 66.4. The van der Waals surface area contributed by atoms with Gasteiger partial charge in [0, 0.05) is 48.7 Å². The van der Waals surface area contributed by atoms with Crippen LogP contribution in [0.25, 0.3) is 11.1 Å². The lowest BCUT2D eigenvalue weighted by molar-refractivity contribution is -0.185. The van der Waals surface area contributed by atoms with Crippen LogP contribution in [0.1, 0.15) is 49.9 Å². The average Bonchev–Trinajstić information content (AvgIpc) is 3.52. The molecule has 0 unspecified atom stereocenters. The lowest BCUT2D eigenvalue weighted by Gasteiger charge is -2.24. The van der Waals surface area contributed by atoms with Crippen LogP contribution < -0.4 is 10.1 Å². The van der Waals surface area contributed by atoms with Gasteiger partial charge >= 0.3 is 6.18 Å². The molecule has 40 heavy (non-hydrogen) atoms. The van der Waals surface area contributed by atoms with Crippen LogP contribution in [-0.4, -0.2) is 44.1 Å². The number of aromatic nitrogens is 5. The van der Waals surface area contributed by atoms with Crippen molar-refractivity contribution in [3.63, 3.8) is 0 Å². The fourth-order valence-corrected chi connectivity index (χ4v) is 3.85. The number of rotatable bonds is 10. The number of carbonyl (C=O) groups is 1. The van der Waals surface area contributed by atoms with Crippen molar-refractivity contribution in [2.75, 3.05) is 12.4 Å². The molecule has 0 radical (unpaired) electrons. The molecule has 0 fully saturated rings. The van der Waals surface area contributed by atoms with Crippen LogP contribution in [0.2, 0.25) is 0 Å². The summed E-state index contributed by atoms with van der Waals surface area (Å²) >= 11 is 0. The van der Waals surface area contributed by atoms with Gasteiger partial charge in [-0.15, -0.1) is 5.10 Å². The summed E-state index contributed by atoms with van der Waals surface area (Å²) in [6.45, 7) is 4.70. The van der Waals surface area contributed by atoms with E-state index in [1.807, 2.05) is 10.9 Å². The fourth-order valence-electron chi connectivity index (χ4n) is 3.85. The predicted molar refractivity (Wildman–Crippen MR) is 137 cm³/mol. The van der Waals surface area contributed by atoms with Gasteiger partial charge in [0.2, 0.25) is 11.8 Å². The van der Waals surface area contributed by atoms with Crippen LogP contribution in [0, 0.1) is 5.82 Å². The van der Waals surface area contributed by atoms with Crippen molar-refractivity contribution in [1.29, 1.82) is 0 Å². The molecule has 0 aliphatic rings. The molecule has 212 valence electrons. The van der Waals surface area contributed by atoms with Gasteiger partial charge in [-0.25, -0.2) is 14.4 Å². The molecule has 0 saturated carbocycles. The molecule has 0 aliphatic heterocycles. The molecular weight excluding hydrogens is 532 g/mol. The Balaban J connectivity index is 1.40. The molecule has 0 saturated heterocycles. The SMILES string of the molecule is CCCn1cc(Cc2ncc(-c3ccc(CC(=O)Nc4cc(C(C)(C)C(F)(F)F)on4)c(F)c3)cn2)c(OC)n1. The molecule has 0 spiro atoms. The third-order valence-corrected chi connectivity index (χ3v) is 6.34. The van der Waals surface area contributed by atoms with Gasteiger partial charge in [-0.05, 0) is 37.5 Å². The largest absolute Gasteiger partial charge is 0.480 e. The van der Waals surface area contributed by atoms with Crippen LogP contribution in [0.15, 0.2) is 47.4 Å². The highest BCUT2D eigenvalue weighted by atomic mass is 19.4. The molecule has 1 amide bonds. The fraction of sp³-hybridized carbons (Fsp3) is 0.370. The number of benzene rings is 1. The van der Waals surface area contributed by atoms with Crippen LogP contribution in [0.4, 0.5) is 23.4 Å². The molecule has 1 N–H and O–H groups in total. The quantitative estimate of drug-likeness (QED) is 0.255. The Kier molecular flexibility index (Phi) is 8.21. The second-order valence-electron chi connectivity index (χ2n) is 9.72. The van der Waals surface area contributed by atoms with Gasteiger partial charge in [-0.3, -0.25) is 9.48 Å². The number of amides is 1. The molecule has 9 nitrogen and oxygen atoms in total. The Morgan fingerprint density at radius 2 is 1.82 bits per heavy atom. The van der Waals surface area contributed by atoms with E-state index >= 15 is 0 Å². The van der Waals surface area contributed by atoms with E-state index in [1.165, 1.54) is 12.1 Å². The highest BCUT2D eigenvalue weighted by Crippen LogP contribution is 2.41. The van der Waals surface area contributed by atoms with Crippen molar-refractivity contribution in [3.05, 3.63) is 71.4 Å². The lowest BCUT2D eigenvalue weighted by atomic mass is 9.89. The van der Waals surface area contributed by atoms with Crippen molar-refractivity contribution in [2.24, 2.45) is 0 Å². The number of hydrogen-bond donors (Lipinski definition) is 1. The number of alkyl halides is 3. The average molecular weight is 561 g/mol. The van der Waals surface area contributed by atoms with E-state index in [0.717, 1.165) is 38.4 Å². The number of anilines is 1. The predicted octanol–water partition coefficient (Wildman–Crippen LogP) is 5.50. The Morgan fingerprint density at radius 3 is 2.45 bits per heavy atom. The van der Waals surface area contributed by atoms with E-state index in [1.54, 1.807) is 25.6 Å². The second kappa shape index (κ2) is 11.4. The molecule has 0 bridgehead atoms. The molecule has 1 aromatic carbocycles. The lowest BCUT2D eigenvalue weighted by Crippen LogP contribution is -2.35. The monoisotopic (exact) mass is 560 g/mol. The van der Waals surface area contributed by atoms with Crippen LogP contribution in [0.5, 0.6) is 5.88 Å². The first-order valence-corrected chi connectivity index (χ1v) is 12.4. The first-order valence-electron chi connectivity index (χ1n) is 12.4. The van der Waals surface area contributed by atoms with E-state index in [9.17, 15) is 22.4 Å². The zero-order valence-corrected chi connectivity index (χ0v) is 22.3. The summed E-state index contributed by atoms with van der Waals surface area (Å²) in [6.07, 6.45) is 1.47. The Bertz CT molecular complexity index is 1480. The zero-order chi connectivity index (χ0) is 29.1. The van der Waals surface area contributed by atoms with Gasteiger partial charge in [0.1, 0.15) is 17.1 Å². The summed E-state index contributed by atoms with van der Waals surface area (Å²) in [4.78, 5) is 21.2. The van der Waals surface area contributed by atoms with Crippen LogP contribution >= 0.6 is 0 Å². The minimum Gasteiger partial charge on any atom is -0.480 e. The van der Waals surface area contributed by atoms with Crippen molar-refractivity contribution >= 4 is 11.7 Å². The van der Waals surface area contributed by atoms with Crippen molar-refractivity contribution in [1.82, 2.24) is 24.9 Å². The van der Waals surface area contributed by atoms with Crippen LogP contribution in [0.3, 0.4) is 0 Å². The molecule has 3 heterocycles. The molecule has 4 aromatic rings. The Labute approximate surface area is 227 Å². The number of carbonyl (C=O) groups excluding carboxylic acids is 1. The highest BCUT2D eigenvalue weighted by Gasteiger charge is 2.51. The highest BCUT2D eigenvalue weighted by molar-refractivity contribution is 5.91. The number of methoxy groups -OCH3 is 1. The summed E-state index contributed by atoms with van der Waals surface area (Å²) in [7, 11) is 1.55. The third kappa shape index (κ3) is 6.29. The second-order valence-corrected chi connectivity index (χ2v) is 9.72. The smallest absolute Gasteiger partial charge is 0.401 e. The first-order chi connectivity index (χ1) is 18.9. The maximum absolute atomic E-state index is 14.8. The van der Waals surface area contributed by atoms with Gasteiger partial charge in [-0.2, -0.15) is 13.2 Å². The van der Waals surface area contributed by atoms with Gasteiger partial charge in [0.25, 0.3) is 0 Å². The van der Waals surface area contributed by atoms with Crippen molar-refractivity contribution in [3.8, 4) is 17.0 Å². The maximum atomic E-state index is 14.8. The van der Waals surface area contributed by atoms with E-state index in [0.29, 0.717) is 29.3 Å². The molecular formula is C27H28F4N6O3. The van der Waals surface area contributed by atoms with Crippen molar-refractivity contribution < 1.29 is 31.6 Å². The third-order valence-electron chi connectivity index (χ3n) is 6.34. The van der Waals surface area contributed by atoms with E-state index < -0.39 is 29.1 Å². The van der Waals surface area contributed by atoms with Gasteiger partial charge < -0.3 is 14.6 Å². The Hall–Kier alpha value is -4.29. The molecule has 3 aromatic heterocycles. The van der Waals surface area contributed by atoms with Crippen LogP contribution in [-0.2, 0) is 29.6 Å². The standard InChI is InChI=1S/C27H28F4N6O3/c1-5-8-37-15-18(25(35-37)39-4)10-22-32-13-19(14-33-22)16-6-7-17(20(28)9-16)11-24(38)34-23-12-21(40-36-23)26(2,3)27(29,30)31/h6-7,9,12-15H,5,8,10-11H2,1-4H3,(H,34,36,38). The molecule has 0 atom stereocenters. The zero-order valence-electron chi connectivity index (χ0n) is 22.3. The number of hydrogen-bond acceptors (Lipinski definition) is 7. The normalized spacial score (nSPS) is 12.0. The minimum atomic E-state index is -4.57. The number of ether oxygens (including phenoxy) is 1. The Morgan fingerprint density at radius 1 is 1.10 bits per heavy atom. The number of nitrogens with zero attached hydrogens (tertiary/aromatic N) is 5. The van der Waals surface area contributed by atoms with Crippen molar-refractivity contribution in [2.45, 2.75) is 58.2 Å². The van der Waals surface area contributed by atoms with Gasteiger partial charge in [-0.1, -0.05) is 24.2 Å². The summed E-state index contributed by atoms with van der Waals surface area (Å²) in [5, 5.41) is 10.2.